The normalized spacial score (nSPS) is 22.8. The summed E-state index contributed by atoms with van der Waals surface area (Å²) in [6, 6.07) is 7.46. The highest BCUT2D eigenvalue weighted by atomic mass is 16.3. The van der Waals surface area contributed by atoms with E-state index in [9.17, 15) is 5.11 Å². The summed E-state index contributed by atoms with van der Waals surface area (Å²) >= 11 is 0. The molecule has 2 rings (SSSR count). The van der Waals surface area contributed by atoms with Crippen molar-refractivity contribution in [1.82, 2.24) is 5.32 Å². The number of nitrogens with one attached hydrogen (secondary N) is 1. The molecule has 0 bridgehead atoms. The molecule has 1 aliphatic rings. The molecule has 2 atom stereocenters. The summed E-state index contributed by atoms with van der Waals surface area (Å²) in [6.45, 7) is 11.0. The van der Waals surface area contributed by atoms with Crippen LogP contribution in [0.15, 0.2) is 18.2 Å². The van der Waals surface area contributed by atoms with Crippen LogP contribution < -0.4 is 10.2 Å². The highest BCUT2D eigenvalue weighted by molar-refractivity contribution is 5.52. The lowest BCUT2D eigenvalue weighted by molar-refractivity contribution is 0.245. The highest BCUT2D eigenvalue weighted by Crippen LogP contribution is 2.30. The van der Waals surface area contributed by atoms with Crippen molar-refractivity contribution < 1.29 is 5.11 Å². The van der Waals surface area contributed by atoms with Gasteiger partial charge in [-0.1, -0.05) is 26.8 Å². The molecule has 1 saturated heterocycles. The van der Waals surface area contributed by atoms with E-state index >= 15 is 0 Å². The summed E-state index contributed by atoms with van der Waals surface area (Å²) in [6.07, 6.45) is 1.17. The first-order valence-corrected chi connectivity index (χ1v) is 7.73. The molecule has 1 aliphatic heterocycles. The molecule has 0 amide bonds. The predicted molar refractivity (Wildman–Crippen MR) is 85.2 cm³/mol. The molecule has 20 heavy (non-hydrogen) atoms. The van der Waals surface area contributed by atoms with Crippen LogP contribution in [0.1, 0.15) is 38.3 Å². The van der Waals surface area contributed by atoms with Crippen LogP contribution in [0.4, 0.5) is 5.69 Å². The fourth-order valence-corrected chi connectivity index (χ4v) is 2.98. The molecule has 1 fully saturated rings. The van der Waals surface area contributed by atoms with Crippen molar-refractivity contribution in [3.05, 3.63) is 29.3 Å². The van der Waals surface area contributed by atoms with Gasteiger partial charge in [-0.2, -0.15) is 0 Å². The zero-order valence-corrected chi connectivity index (χ0v) is 13.2. The third kappa shape index (κ3) is 3.33. The van der Waals surface area contributed by atoms with Crippen LogP contribution in [0.25, 0.3) is 0 Å². The van der Waals surface area contributed by atoms with Crippen molar-refractivity contribution >= 4 is 5.69 Å². The van der Waals surface area contributed by atoms with E-state index in [4.69, 9.17) is 0 Å². The number of aliphatic hydroxyl groups is 1. The van der Waals surface area contributed by atoms with Crippen molar-refractivity contribution in [2.75, 3.05) is 18.1 Å². The summed E-state index contributed by atoms with van der Waals surface area (Å²) in [4.78, 5) is 2.36. The molecule has 0 radical (unpaired) electrons. The Labute approximate surface area is 123 Å². The van der Waals surface area contributed by atoms with Crippen molar-refractivity contribution in [1.29, 1.82) is 0 Å². The number of aryl methyl sites for hydroxylation is 1. The Morgan fingerprint density at radius 3 is 2.75 bits per heavy atom. The number of aliphatic hydroxyl groups excluding tert-OH is 1. The van der Waals surface area contributed by atoms with E-state index in [2.05, 4.69) is 56.1 Å². The highest BCUT2D eigenvalue weighted by Gasteiger charge is 2.30. The first-order valence-electron chi connectivity index (χ1n) is 7.73. The van der Waals surface area contributed by atoms with Crippen LogP contribution in [-0.2, 0) is 6.54 Å². The quantitative estimate of drug-likeness (QED) is 0.868. The van der Waals surface area contributed by atoms with E-state index in [1.165, 1.54) is 23.2 Å². The number of nitrogens with zero attached hydrogens (tertiary/aromatic N) is 1. The minimum absolute atomic E-state index is 0.247. The van der Waals surface area contributed by atoms with Crippen LogP contribution >= 0.6 is 0 Å². The van der Waals surface area contributed by atoms with E-state index in [1.807, 2.05) is 0 Å². The van der Waals surface area contributed by atoms with Crippen LogP contribution in [0.5, 0.6) is 0 Å². The molecular weight excluding hydrogens is 248 g/mol. The molecule has 1 heterocycles. The molecule has 0 aliphatic carbocycles. The fraction of sp³-hybridized carbons (Fsp3) is 0.647. The van der Waals surface area contributed by atoms with Gasteiger partial charge in [0.15, 0.2) is 0 Å². The Morgan fingerprint density at radius 2 is 2.15 bits per heavy atom. The van der Waals surface area contributed by atoms with Crippen molar-refractivity contribution in [2.45, 2.75) is 52.7 Å². The third-order valence-electron chi connectivity index (χ3n) is 4.43. The molecule has 0 aromatic heterocycles. The van der Waals surface area contributed by atoms with Crippen molar-refractivity contribution in [3.8, 4) is 0 Å². The van der Waals surface area contributed by atoms with E-state index in [-0.39, 0.29) is 12.6 Å². The minimum Gasteiger partial charge on any atom is -0.394 e. The molecule has 3 nitrogen and oxygen atoms in total. The molecule has 0 spiro atoms. The summed E-state index contributed by atoms with van der Waals surface area (Å²) in [5.74, 6) is 0.572. The molecular formula is C17H28N2O. The summed E-state index contributed by atoms with van der Waals surface area (Å²) in [5.41, 5.74) is 3.93. The molecule has 2 unspecified atom stereocenters. The van der Waals surface area contributed by atoms with E-state index in [0.717, 1.165) is 13.1 Å². The van der Waals surface area contributed by atoms with Gasteiger partial charge in [0.05, 0.1) is 12.6 Å². The maximum absolute atomic E-state index is 9.59. The van der Waals surface area contributed by atoms with Gasteiger partial charge in [-0.3, -0.25) is 0 Å². The predicted octanol–water partition coefficient (Wildman–Crippen LogP) is 2.70. The van der Waals surface area contributed by atoms with Gasteiger partial charge >= 0.3 is 0 Å². The van der Waals surface area contributed by atoms with E-state index < -0.39 is 0 Å². The first kappa shape index (κ1) is 15.3. The van der Waals surface area contributed by atoms with Crippen LogP contribution in [0, 0.1) is 12.8 Å². The average molecular weight is 276 g/mol. The fourth-order valence-electron chi connectivity index (χ4n) is 2.98. The van der Waals surface area contributed by atoms with Gasteiger partial charge in [-0.15, -0.1) is 0 Å². The van der Waals surface area contributed by atoms with E-state index in [1.54, 1.807) is 0 Å². The molecule has 2 N–H and O–H groups in total. The summed E-state index contributed by atoms with van der Waals surface area (Å²) < 4.78 is 0. The topological polar surface area (TPSA) is 35.5 Å². The van der Waals surface area contributed by atoms with Gasteiger partial charge in [0, 0.05) is 24.8 Å². The molecule has 0 saturated carbocycles. The lowest BCUT2D eigenvalue weighted by Crippen LogP contribution is -2.35. The van der Waals surface area contributed by atoms with Crippen LogP contribution in [0.2, 0.25) is 0 Å². The second-order valence-electron chi connectivity index (χ2n) is 6.36. The van der Waals surface area contributed by atoms with Gasteiger partial charge in [-0.05, 0) is 42.5 Å². The van der Waals surface area contributed by atoms with Gasteiger partial charge in [-0.25, -0.2) is 0 Å². The Morgan fingerprint density at radius 1 is 1.40 bits per heavy atom. The zero-order valence-electron chi connectivity index (χ0n) is 13.2. The third-order valence-corrected chi connectivity index (χ3v) is 4.43. The smallest absolute Gasteiger partial charge is 0.0637 e. The Balaban J connectivity index is 2.12. The number of hydrogen-bond donors (Lipinski definition) is 2. The van der Waals surface area contributed by atoms with Crippen molar-refractivity contribution in [2.24, 2.45) is 5.92 Å². The van der Waals surface area contributed by atoms with Crippen LogP contribution in [0.3, 0.4) is 0 Å². The second kappa shape index (κ2) is 6.59. The van der Waals surface area contributed by atoms with E-state index in [0.29, 0.717) is 12.0 Å². The maximum Gasteiger partial charge on any atom is 0.0637 e. The lowest BCUT2D eigenvalue weighted by Gasteiger charge is -2.28. The standard InChI is InChI=1S/C17H28N2O/c1-12(2)18-10-15-5-6-16(9-14(15)4)19-8-7-13(3)17(19)11-20/h5-6,9,12-13,17-18,20H,7-8,10-11H2,1-4H3. The maximum atomic E-state index is 9.59. The SMILES string of the molecule is Cc1cc(N2CCC(C)C2CO)ccc1CNC(C)C. The van der Waals surface area contributed by atoms with Crippen molar-refractivity contribution in [3.63, 3.8) is 0 Å². The Bertz CT molecular complexity index is 445. The number of anilines is 1. The molecule has 1 aromatic carbocycles. The lowest BCUT2D eigenvalue weighted by atomic mass is 10.0. The van der Waals surface area contributed by atoms with Gasteiger partial charge in [0.25, 0.3) is 0 Å². The largest absolute Gasteiger partial charge is 0.394 e. The monoisotopic (exact) mass is 276 g/mol. The van der Waals surface area contributed by atoms with Gasteiger partial charge in [0.1, 0.15) is 0 Å². The average Bonchev–Trinajstić information content (AvgIpc) is 2.78. The Kier molecular flexibility index (Phi) is 5.06. The summed E-state index contributed by atoms with van der Waals surface area (Å²) in [7, 11) is 0. The minimum atomic E-state index is 0.247. The molecule has 112 valence electrons. The first-order chi connectivity index (χ1) is 9.52. The zero-order chi connectivity index (χ0) is 14.7. The molecule has 3 heteroatoms. The molecule has 1 aromatic rings. The van der Waals surface area contributed by atoms with Crippen LogP contribution in [-0.4, -0.2) is 30.3 Å². The number of rotatable bonds is 5. The summed E-state index contributed by atoms with van der Waals surface area (Å²) in [5, 5.41) is 13.1. The van der Waals surface area contributed by atoms with Gasteiger partial charge in [0.2, 0.25) is 0 Å². The second-order valence-corrected chi connectivity index (χ2v) is 6.36. The number of benzene rings is 1. The number of hydrogen-bond acceptors (Lipinski definition) is 3. The Hall–Kier alpha value is -1.06. The van der Waals surface area contributed by atoms with Gasteiger partial charge < -0.3 is 15.3 Å².